The van der Waals surface area contributed by atoms with Crippen LogP contribution in [0, 0.1) is 0 Å². The van der Waals surface area contributed by atoms with Gasteiger partial charge in [-0.05, 0) is 6.07 Å². The molecule has 7 heteroatoms. The first-order valence-corrected chi connectivity index (χ1v) is 6.71. The van der Waals surface area contributed by atoms with Gasteiger partial charge in [0.15, 0.2) is 5.82 Å². The van der Waals surface area contributed by atoms with E-state index in [1.807, 2.05) is 13.8 Å². The molecule has 0 radical (unpaired) electrons. The molecule has 2 aromatic rings. The number of aromatic nitrogens is 3. The van der Waals surface area contributed by atoms with Crippen molar-refractivity contribution in [2.45, 2.75) is 26.2 Å². The Morgan fingerprint density at radius 2 is 2.29 bits per heavy atom. The van der Waals surface area contributed by atoms with Crippen LogP contribution in [-0.2, 0) is 6.42 Å². The predicted molar refractivity (Wildman–Crippen MR) is 75.2 cm³/mol. The van der Waals surface area contributed by atoms with E-state index in [0.717, 1.165) is 0 Å². The number of nitrogens with one attached hydrogen (secondary N) is 1. The van der Waals surface area contributed by atoms with Crippen LogP contribution in [-0.4, -0.2) is 34.7 Å². The van der Waals surface area contributed by atoms with Gasteiger partial charge in [-0.25, -0.2) is 4.98 Å². The molecule has 0 aliphatic carbocycles. The topological polar surface area (TPSA) is 90.1 Å². The summed E-state index contributed by atoms with van der Waals surface area (Å²) in [4.78, 5) is 20.2. The average Bonchev–Trinajstić information content (AvgIpc) is 2.96. The van der Waals surface area contributed by atoms with Gasteiger partial charge in [-0.15, -0.1) is 0 Å². The van der Waals surface area contributed by atoms with E-state index in [1.54, 1.807) is 12.1 Å². The summed E-state index contributed by atoms with van der Waals surface area (Å²) in [6.45, 7) is 4.40. The lowest BCUT2D eigenvalue weighted by Crippen LogP contribution is -2.26. The van der Waals surface area contributed by atoms with Crippen molar-refractivity contribution in [2.24, 2.45) is 0 Å². The lowest BCUT2D eigenvalue weighted by Gasteiger charge is -2.04. The molecule has 0 bridgehead atoms. The maximum Gasteiger partial charge on any atom is 0.251 e. The molecule has 2 rings (SSSR count). The Balaban J connectivity index is 1.86. The minimum absolute atomic E-state index is 0.191. The Kier molecular flexibility index (Phi) is 4.86. The van der Waals surface area contributed by atoms with Crippen LogP contribution in [0.2, 0.25) is 0 Å². The first-order valence-electron chi connectivity index (χ1n) is 6.71. The normalized spacial score (nSPS) is 10.7. The van der Waals surface area contributed by atoms with Gasteiger partial charge in [0.2, 0.25) is 11.8 Å². The molecule has 2 aromatic heterocycles. The zero-order chi connectivity index (χ0) is 15.2. The van der Waals surface area contributed by atoms with E-state index in [4.69, 9.17) is 9.26 Å². The van der Waals surface area contributed by atoms with Crippen LogP contribution < -0.4 is 10.1 Å². The highest BCUT2D eigenvalue weighted by molar-refractivity contribution is 5.94. The standard InChI is InChI=1S/C14H18N4O3/c1-9(2)14-17-11(18-21-14)5-7-16-13(19)10-4-6-15-12(8-10)20-3/h4,6,8-9H,5,7H2,1-3H3,(H,16,19). The monoisotopic (exact) mass is 290 g/mol. The van der Waals surface area contributed by atoms with Gasteiger partial charge in [-0.2, -0.15) is 4.98 Å². The molecule has 2 heterocycles. The summed E-state index contributed by atoms with van der Waals surface area (Å²) in [6.07, 6.45) is 2.05. The van der Waals surface area contributed by atoms with Crippen molar-refractivity contribution in [3.63, 3.8) is 0 Å². The molecule has 0 saturated carbocycles. The average molecular weight is 290 g/mol. The number of nitrogens with zero attached hydrogens (tertiary/aromatic N) is 3. The van der Waals surface area contributed by atoms with Gasteiger partial charge in [0.25, 0.3) is 5.91 Å². The third-order valence-corrected chi connectivity index (χ3v) is 2.82. The second-order valence-corrected chi connectivity index (χ2v) is 4.80. The van der Waals surface area contributed by atoms with Gasteiger partial charge in [0.1, 0.15) is 0 Å². The van der Waals surface area contributed by atoms with Gasteiger partial charge in [-0.1, -0.05) is 19.0 Å². The van der Waals surface area contributed by atoms with E-state index < -0.39 is 0 Å². The first kappa shape index (κ1) is 15.0. The second kappa shape index (κ2) is 6.83. The quantitative estimate of drug-likeness (QED) is 0.868. The molecule has 0 saturated heterocycles. The van der Waals surface area contributed by atoms with Gasteiger partial charge in [0.05, 0.1) is 7.11 Å². The molecule has 0 spiro atoms. The Morgan fingerprint density at radius 3 is 2.95 bits per heavy atom. The smallest absolute Gasteiger partial charge is 0.251 e. The van der Waals surface area contributed by atoms with Crippen molar-refractivity contribution in [3.8, 4) is 5.88 Å². The fraction of sp³-hybridized carbons (Fsp3) is 0.429. The predicted octanol–water partition coefficient (Wildman–Crippen LogP) is 1.57. The Bertz CT molecular complexity index is 610. The molecule has 112 valence electrons. The summed E-state index contributed by atoms with van der Waals surface area (Å²) >= 11 is 0. The lowest BCUT2D eigenvalue weighted by molar-refractivity contribution is 0.0953. The van der Waals surface area contributed by atoms with E-state index in [1.165, 1.54) is 13.3 Å². The number of ether oxygens (including phenoxy) is 1. The Morgan fingerprint density at radius 1 is 1.48 bits per heavy atom. The molecule has 0 atom stereocenters. The van der Waals surface area contributed by atoms with E-state index >= 15 is 0 Å². The highest BCUT2D eigenvalue weighted by Gasteiger charge is 2.11. The second-order valence-electron chi connectivity index (χ2n) is 4.80. The van der Waals surface area contributed by atoms with Crippen molar-refractivity contribution in [2.75, 3.05) is 13.7 Å². The number of carbonyl (C=O) groups is 1. The number of carbonyl (C=O) groups excluding carboxylic acids is 1. The van der Waals surface area contributed by atoms with Crippen LogP contribution in [0.5, 0.6) is 5.88 Å². The molecule has 0 unspecified atom stereocenters. The van der Waals surface area contributed by atoms with Gasteiger partial charge in [0, 0.05) is 36.7 Å². The first-order chi connectivity index (χ1) is 10.1. The van der Waals surface area contributed by atoms with Crippen LogP contribution >= 0.6 is 0 Å². The Hall–Kier alpha value is -2.44. The van der Waals surface area contributed by atoms with E-state index in [9.17, 15) is 4.79 Å². The summed E-state index contributed by atoms with van der Waals surface area (Å²) in [6, 6.07) is 3.21. The van der Waals surface area contributed by atoms with Crippen LogP contribution in [0.4, 0.5) is 0 Å². The van der Waals surface area contributed by atoms with Crippen LogP contribution in [0.1, 0.15) is 41.8 Å². The number of amides is 1. The van der Waals surface area contributed by atoms with Crippen molar-refractivity contribution >= 4 is 5.91 Å². The molecular formula is C14H18N4O3. The fourth-order valence-corrected chi connectivity index (χ4v) is 1.66. The van der Waals surface area contributed by atoms with Crippen molar-refractivity contribution in [1.29, 1.82) is 0 Å². The maximum atomic E-state index is 12.0. The molecule has 0 aliphatic rings. The van der Waals surface area contributed by atoms with Crippen LogP contribution in [0.3, 0.4) is 0 Å². The maximum absolute atomic E-state index is 12.0. The van der Waals surface area contributed by atoms with Crippen molar-refractivity contribution in [3.05, 3.63) is 35.6 Å². The van der Waals surface area contributed by atoms with Crippen molar-refractivity contribution < 1.29 is 14.1 Å². The van der Waals surface area contributed by atoms with Crippen molar-refractivity contribution in [1.82, 2.24) is 20.4 Å². The zero-order valence-electron chi connectivity index (χ0n) is 12.3. The molecular weight excluding hydrogens is 272 g/mol. The molecule has 21 heavy (non-hydrogen) atoms. The summed E-state index contributed by atoms with van der Waals surface area (Å²) in [5, 5.41) is 6.66. The largest absolute Gasteiger partial charge is 0.481 e. The van der Waals surface area contributed by atoms with E-state index in [0.29, 0.717) is 36.1 Å². The summed E-state index contributed by atoms with van der Waals surface area (Å²) < 4.78 is 10.1. The zero-order valence-corrected chi connectivity index (χ0v) is 12.3. The summed E-state index contributed by atoms with van der Waals surface area (Å²) in [7, 11) is 1.51. The van der Waals surface area contributed by atoms with Gasteiger partial charge in [-0.3, -0.25) is 4.79 Å². The van der Waals surface area contributed by atoms with E-state index in [-0.39, 0.29) is 11.8 Å². The summed E-state index contributed by atoms with van der Waals surface area (Å²) in [5.74, 6) is 1.61. The highest BCUT2D eigenvalue weighted by atomic mass is 16.5. The minimum atomic E-state index is -0.191. The third kappa shape index (κ3) is 4.01. The lowest BCUT2D eigenvalue weighted by atomic mass is 10.2. The van der Waals surface area contributed by atoms with Gasteiger partial charge >= 0.3 is 0 Å². The third-order valence-electron chi connectivity index (χ3n) is 2.82. The SMILES string of the molecule is COc1cc(C(=O)NCCc2noc(C(C)C)n2)ccn1. The number of hydrogen-bond donors (Lipinski definition) is 1. The number of rotatable bonds is 6. The number of methoxy groups -OCH3 is 1. The molecule has 0 aliphatic heterocycles. The fourth-order valence-electron chi connectivity index (χ4n) is 1.66. The number of hydrogen-bond acceptors (Lipinski definition) is 6. The molecule has 1 N–H and O–H groups in total. The van der Waals surface area contributed by atoms with Crippen LogP contribution in [0.15, 0.2) is 22.9 Å². The van der Waals surface area contributed by atoms with Crippen LogP contribution in [0.25, 0.3) is 0 Å². The molecule has 0 fully saturated rings. The Labute approximate surface area is 122 Å². The molecule has 7 nitrogen and oxygen atoms in total. The van der Waals surface area contributed by atoms with E-state index in [2.05, 4.69) is 20.4 Å². The van der Waals surface area contributed by atoms with Gasteiger partial charge < -0.3 is 14.6 Å². The minimum Gasteiger partial charge on any atom is -0.481 e. The number of pyridine rings is 1. The molecule has 0 aromatic carbocycles. The highest BCUT2D eigenvalue weighted by Crippen LogP contribution is 2.11. The molecule has 1 amide bonds. The summed E-state index contributed by atoms with van der Waals surface area (Å²) in [5.41, 5.74) is 0.498.